The minimum Gasteiger partial charge on any atom is -0.322 e. The van der Waals surface area contributed by atoms with Crippen molar-refractivity contribution in [3.63, 3.8) is 0 Å². The van der Waals surface area contributed by atoms with Gasteiger partial charge in [-0.25, -0.2) is 4.68 Å². The first-order valence-corrected chi connectivity index (χ1v) is 13.8. The number of benzene rings is 3. The molecular weight excluding hydrogens is 484 g/mol. The third-order valence-corrected chi connectivity index (χ3v) is 8.00. The average molecular weight is 519 g/mol. The maximum Gasteiger partial charge on any atom is 0.253 e. The number of H-pyrrole nitrogens is 1. The number of pyridine rings is 1. The van der Waals surface area contributed by atoms with Gasteiger partial charge in [-0.05, 0) is 96.9 Å². The Bertz CT molecular complexity index is 1620. The lowest BCUT2D eigenvalue weighted by Gasteiger charge is -2.37. The van der Waals surface area contributed by atoms with E-state index in [0.717, 1.165) is 59.9 Å². The Morgan fingerprint density at radius 3 is 2.33 bits per heavy atom. The molecule has 0 bridgehead atoms. The number of piperidine rings is 1. The normalized spacial score (nSPS) is 15.5. The lowest BCUT2D eigenvalue weighted by molar-refractivity contribution is 0.143. The predicted octanol–water partition coefficient (Wildman–Crippen LogP) is 5.22. The van der Waals surface area contributed by atoms with Crippen LogP contribution in [0.3, 0.4) is 0 Å². The summed E-state index contributed by atoms with van der Waals surface area (Å²) in [5.74, 6) is 1.32. The zero-order chi connectivity index (χ0) is 26.8. The molecule has 0 saturated carbocycles. The standard InChI is InChI=1S/C32H34N6O/c1-22-17-23(2)27-20-28(32(39)33-29(27)18-22)30(31-34-35-36-38(31)21-26-11-7-4-8-12-26)37-15-13-25(14-16-37)19-24-9-5-3-6-10-24/h3-12,17-18,20,25,30H,13-16,19,21H2,1-2H3,(H,33,39). The molecule has 6 rings (SSSR count). The molecule has 1 fully saturated rings. The van der Waals surface area contributed by atoms with Gasteiger partial charge in [-0.2, -0.15) is 0 Å². The number of hydrogen-bond acceptors (Lipinski definition) is 5. The van der Waals surface area contributed by atoms with Gasteiger partial charge in [-0.1, -0.05) is 66.7 Å². The number of likely N-dealkylation sites (tertiary alicyclic amines) is 1. The molecule has 0 radical (unpaired) electrons. The number of fused-ring (bicyclic) bond motifs is 1. The van der Waals surface area contributed by atoms with E-state index in [4.69, 9.17) is 0 Å². The van der Waals surface area contributed by atoms with Crippen LogP contribution in [0.5, 0.6) is 0 Å². The average Bonchev–Trinajstić information content (AvgIpc) is 3.39. The van der Waals surface area contributed by atoms with E-state index in [1.165, 1.54) is 5.56 Å². The number of aromatic nitrogens is 5. The van der Waals surface area contributed by atoms with Crippen molar-refractivity contribution >= 4 is 10.9 Å². The zero-order valence-corrected chi connectivity index (χ0v) is 22.5. The van der Waals surface area contributed by atoms with E-state index in [1.807, 2.05) is 28.9 Å². The maximum absolute atomic E-state index is 13.7. The van der Waals surface area contributed by atoms with E-state index in [2.05, 4.69) is 93.9 Å². The number of hydrogen-bond donors (Lipinski definition) is 1. The van der Waals surface area contributed by atoms with Crippen molar-refractivity contribution in [3.05, 3.63) is 123 Å². The Hall–Kier alpha value is -4.10. The SMILES string of the molecule is Cc1cc(C)c2cc(C(c3nnnn3Cc3ccccc3)N3CCC(Cc4ccccc4)CC3)c(=O)[nH]c2c1. The Kier molecular flexibility index (Phi) is 7.07. The summed E-state index contributed by atoms with van der Waals surface area (Å²) in [6.45, 7) is 6.46. The van der Waals surface area contributed by atoms with Gasteiger partial charge in [0.25, 0.3) is 5.56 Å². The number of tetrazole rings is 1. The van der Waals surface area contributed by atoms with Crippen molar-refractivity contribution in [1.82, 2.24) is 30.1 Å². The summed E-state index contributed by atoms with van der Waals surface area (Å²) in [6.07, 6.45) is 3.21. The van der Waals surface area contributed by atoms with Crippen LogP contribution >= 0.6 is 0 Å². The molecule has 0 aliphatic carbocycles. The Morgan fingerprint density at radius 1 is 0.923 bits per heavy atom. The highest BCUT2D eigenvalue weighted by Gasteiger charge is 2.33. The van der Waals surface area contributed by atoms with Gasteiger partial charge < -0.3 is 4.98 Å². The van der Waals surface area contributed by atoms with Crippen LogP contribution in [0, 0.1) is 19.8 Å². The van der Waals surface area contributed by atoms with Crippen molar-refractivity contribution in [1.29, 1.82) is 0 Å². The third-order valence-electron chi connectivity index (χ3n) is 8.00. The molecular formula is C32H34N6O. The number of nitrogens with one attached hydrogen (secondary N) is 1. The molecule has 3 aromatic carbocycles. The summed E-state index contributed by atoms with van der Waals surface area (Å²) in [4.78, 5) is 19.2. The summed E-state index contributed by atoms with van der Waals surface area (Å²) >= 11 is 0. The van der Waals surface area contributed by atoms with Crippen LogP contribution in [0.15, 0.2) is 83.7 Å². The zero-order valence-electron chi connectivity index (χ0n) is 22.5. The molecule has 1 aliphatic rings. The Labute approximate surface area is 228 Å². The molecule has 1 atom stereocenters. The van der Waals surface area contributed by atoms with Crippen molar-refractivity contribution in [2.45, 2.75) is 45.7 Å². The van der Waals surface area contributed by atoms with Crippen LogP contribution in [0.2, 0.25) is 0 Å². The topological polar surface area (TPSA) is 79.7 Å². The maximum atomic E-state index is 13.7. The molecule has 1 saturated heterocycles. The van der Waals surface area contributed by atoms with Crippen molar-refractivity contribution in [2.24, 2.45) is 5.92 Å². The molecule has 0 amide bonds. The monoisotopic (exact) mass is 518 g/mol. The number of aryl methyl sites for hydroxylation is 2. The molecule has 1 unspecified atom stereocenters. The summed E-state index contributed by atoms with van der Waals surface area (Å²) < 4.78 is 1.85. The van der Waals surface area contributed by atoms with Gasteiger partial charge in [0.05, 0.1) is 6.54 Å². The quantitative estimate of drug-likeness (QED) is 0.319. The van der Waals surface area contributed by atoms with Gasteiger partial charge in [0.1, 0.15) is 6.04 Å². The molecule has 1 N–H and O–H groups in total. The molecule has 7 heteroatoms. The second-order valence-electron chi connectivity index (χ2n) is 10.8. The van der Waals surface area contributed by atoms with Crippen molar-refractivity contribution in [3.8, 4) is 0 Å². The van der Waals surface area contributed by atoms with Gasteiger partial charge >= 0.3 is 0 Å². The highest BCUT2D eigenvalue weighted by atomic mass is 16.1. The molecule has 2 aromatic heterocycles. The third kappa shape index (κ3) is 5.40. The smallest absolute Gasteiger partial charge is 0.253 e. The summed E-state index contributed by atoms with van der Waals surface area (Å²) in [5, 5.41) is 14.0. The van der Waals surface area contributed by atoms with Crippen molar-refractivity contribution < 1.29 is 0 Å². The largest absolute Gasteiger partial charge is 0.322 e. The van der Waals surface area contributed by atoms with Crippen LogP contribution in [0.1, 0.15) is 52.5 Å². The summed E-state index contributed by atoms with van der Waals surface area (Å²) in [5.41, 5.74) is 6.25. The second kappa shape index (κ2) is 10.9. The van der Waals surface area contributed by atoms with E-state index in [1.54, 1.807) is 0 Å². The number of rotatable bonds is 7. The lowest BCUT2D eigenvalue weighted by atomic mass is 9.88. The van der Waals surface area contributed by atoms with E-state index in [0.29, 0.717) is 23.9 Å². The van der Waals surface area contributed by atoms with Gasteiger partial charge in [-0.3, -0.25) is 9.69 Å². The lowest BCUT2D eigenvalue weighted by Crippen LogP contribution is -2.41. The number of aromatic amines is 1. The van der Waals surface area contributed by atoms with Crippen molar-refractivity contribution in [2.75, 3.05) is 13.1 Å². The first-order valence-electron chi connectivity index (χ1n) is 13.8. The fraction of sp³-hybridized carbons (Fsp3) is 0.312. The first kappa shape index (κ1) is 25.2. The fourth-order valence-corrected chi connectivity index (χ4v) is 6.03. The molecule has 1 aliphatic heterocycles. The highest BCUT2D eigenvalue weighted by Crippen LogP contribution is 2.32. The van der Waals surface area contributed by atoms with E-state index in [-0.39, 0.29) is 11.6 Å². The van der Waals surface area contributed by atoms with E-state index in [9.17, 15) is 4.79 Å². The molecule has 198 valence electrons. The summed E-state index contributed by atoms with van der Waals surface area (Å²) in [6, 6.07) is 26.8. The molecule has 3 heterocycles. The van der Waals surface area contributed by atoms with Gasteiger partial charge in [-0.15, -0.1) is 5.10 Å². The van der Waals surface area contributed by atoms with Crippen LogP contribution in [-0.2, 0) is 13.0 Å². The Balaban J connectivity index is 1.37. The van der Waals surface area contributed by atoms with Gasteiger partial charge in [0.2, 0.25) is 0 Å². The minimum atomic E-state index is -0.338. The fourth-order valence-electron chi connectivity index (χ4n) is 6.03. The highest BCUT2D eigenvalue weighted by molar-refractivity contribution is 5.83. The molecule has 7 nitrogen and oxygen atoms in total. The van der Waals surface area contributed by atoms with Gasteiger partial charge in [0.15, 0.2) is 5.82 Å². The van der Waals surface area contributed by atoms with Crippen LogP contribution < -0.4 is 5.56 Å². The van der Waals surface area contributed by atoms with Crippen LogP contribution in [0.4, 0.5) is 0 Å². The Morgan fingerprint density at radius 2 is 1.62 bits per heavy atom. The minimum absolute atomic E-state index is 0.0850. The number of nitrogens with zero attached hydrogens (tertiary/aromatic N) is 5. The molecule has 0 spiro atoms. The second-order valence-corrected chi connectivity index (χ2v) is 10.8. The van der Waals surface area contributed by atoms with E-state index >= 15 is 0 Å². The predicted molar refractivity (Wildman–Crippen MR) is 154 cm³/mol. The van der Waals surface area contributed by atoms with Crippen LogP contribution in [-0.4, -0.2) is 43.2 Å². The van der Waals surface area contributed by atoms with E-state index < -0.39 is 0 Å². The molecule has 5 aromatic rings. The first-order chi connectivity index (χ1) is 19.0. The molecule has 39 heavy (non-hydrogen) atoms. The summed E-state index contributed by atoms with van der Waals surface area (Å²) in [7, 11) is 0. The van der Waals surface area contributed by atoms with Gasteiger partial charge in [0, 0.05) is 16.5 Å². The van der Waals surface area contributed by atoms with Crippen LogP contribution in [0.25, 0.3) is 10.9 Å².